The lowest BCUT2D eigenvalue weighted by molar-refractivity contribution is 0.283. The van der Waals surface area contributed by atoms with E-state index >= 15 is 0 Å². The predicted octanol–water partition coefficient (Wildman–Crippen LogP) is 1.80. The van der Waals surface area contributed by atoms with Gasteiger partial charge in [-0.1, -0.05) is 18.2 Å². The molecule has 94 valence electrons. The molecule has 0 unspecified atom stereocenters. The van der Waals surface area contributed by atoms with E-state index in [0.29, 0.717) is 19.1 Å². The van der Waals surface area contributed by atoms with Crippen LogP contribution in [0.5, 0.6) is 0 Å². The molecule has 0 aromatic heterocycles. The van der Waals surface area contributed by atoms with Crippen molar-refractivity contribution < 1.29 is 5.11 Å². The van der Waals surface area contributed by atoms with Gasteiger partial charge in [0.2, 0.25) is 0 Å². The summed E-state index contributed by atoms with van der Waals surface area (Å²) in [4.78, 5) is 2.35. The van der Waals surface area contributed by atoms with E-state index < -0.39 is 0 Å². The summed E-state index contributed by atoms with van der Waals surface area (Å²) < 4.78 is 0. The fourth-order valence-electron chi connectivity index (χ4n) is 2.58. The van der Waals surface area contributed by atoms with Crippen LogP contribution in [0.1, 0.15) is 30.4 Å². The number of aryl methyl sites for hydroxylation is 1. The van der Waals surface area contributed by atoms with Crippen LogP contribution in [0.25, 0.3) is 0 Å². The van der Waals surface area contributed by atoms with E-state index in [1.807, 2.05) is 0 Å². The molecule has 0 atom stereocenters. The van der Waals surface area contributed by atoms with Crippen LogP contribution in [-0.4, -0.2) is 24.3 Å². The van der Waals surface area contributed by atoms with E-state index in [-0.39, 0.29) is 6.61 Å². The number of hydrogen-bond donors (Lipinski definition) is 2. The fraction of sp³-hybridized carbons (Fsp3) is 0.571. The van der Waals surface area contributed by atoms with Gasteiger partial charge in [-0.2, -0.15) is 0 Å². The molecule has 0 radical (unpaired) electrons. The molecule has 1 saturated carbocycles. The maximum absolute atomic E-state index is 9.25. The maximum Gasteiger partial charge on any atom is 0.0606 e. The van der Waals surface area contributed by atoms with E-state index in [1.165, 1.54) is 36.1 Å². The van der Waals surface area contributed by atoms with Crippen molar-refractivity contribution in [2.24, 2.45) is 5.73 Å². The van der Waals surface area contributed by atoms with Gasteiger partial charge in [-0.3, -0.25) is 0 Å². The van der Waals surface area contributed by atoms with Crippen molar-refractivity contribution in [3.05, 3.63) is 29.3 Å². The fourth-order valence-corrected chi connectivity index (χ4v) is 2.58. The Bertz CT molecular complexity index is 374. The van der Waals surface area contributed by atoms with Crippen molar-refractivity contribution in [3.63, 3.8) is 0 Å². The van der Waals surface area contributed by atoms with Gasteiger partial charge in [0, 0.05) is 24.8 Å². The molecule has 1 aromatic carbocycles. The summed E-state index contributed by atoms with van der Waals surface area (Å²) in [5, 5.41) is 9.25. The second-order valence-corrected chi connectivity index (χ2v) is 4.79. The average Bonchev–Trinajstić information content (AvgIpc) is 2.26. The predicted molar refractivity (Wildman–Crippen MR) is 71.1 cm³/mol. The van der Waals surface area contributed by atoms with E-state index in [4.69, 9.17) is 5.73 Å². The summed E-state index contributed by atoms with van der Waals surface area (Å²) >= 11 is 0. The smallest absolute Gasteiger partial charge is 0.0606 e. The van der Waals surface area contributed by atoms with Gasteiger partial charge in [-0.05, 0) is 37.3 Å². The number of nitrogens with zero attached hydrogens (tertiary/aromatic N) is 1. The van der Waals surface area contributed by atoms with E-state index in [9.17, 15) is 5.11 Å². The Labute approximate surface area is 103 Å². The Balaban J connectivity index is 2.33. The van der Waals surface area contributed by atoms with E-state index in [0.717, 1.165) is 0 Å². The quantitative estimate of drug-likeness (QED) is 0.817. The molecule has 17 heavy (non-hydrogen) atoms. The number of para-hydroxylation sites is 1. The van der Waals surface area contributed by atoms with Crippen LogP contribution in [0.4, 0.5) is 5.69 Å². The highest BCUT2D eigenvalue weighted by Crippen LogP contribution is 2.33. The molecule has 1 aliphatic carbocycles. The number of nitrogens with two attached hydrogens (primary N) is 1. The number of anilines is 1. The summed E-state index contributed by atoms with van der Waals surface area (Å²) in [7, 11) is 0. The third-order valence-corrected chi connectivity index (χ3v) is 3.68. The van der Waals surface area contributed by atoms with Gasteiger partial charge in [-0.15, -0.1) is 0 Å². The maximum atomic E-state index is 9.25. The van der Waals surface area contributed by atoms with Gasteiger partial charge in [0.15, 0.2) is 0 Å². The first-order chi connectivity index (χ1) is 8.27. The van der Waals surface area contributed by atoms with E-state index in [2.05, 4.69) is 30.0 Å². The van der Waals surface area contributed by atoms with Gasteiger partial charge in [0.1, 0.15) is 0 Å². The molecule has 1 aromatic rings. The van der Waals surface area contributed by atoms with Crippen LogP contribution in [0.3, 0.4) is 0 Å². The van der Waals surface area contributed by atoms with Crippen molar-refractivity contribution in [2.75, 3.05) is 18.1 Å². The van der Waals surface area contributed by atoms with Gasteiger partial charge in [0.05, 0.1) is 6.61 Å². The Kier molecular flexibility index (Phi) is 4.02. The summed E-state index contributed by atoms with van der Waals surface area (Å²) in [5.74, 6) is 0. The molecule has 1 fully saturated rings. The summed E-state index contributed by atoms with van der Waals surface area (Å²) in [6, 6.07) is 6.86. The van der Waals surface area contributed by atoms with Crippen LogP contribution >= 0.6 is 0 Å². The Morgan fingerprint density at radius 2 is 2.18 bits per heavy atom. The highest BCUT2D eigenvalue weighted by Gasteiger charge is 2.26. The molecule has 0 spiro atoms. The highest BCUT2D eigenvalue weighted by atomic mass is 16.3. The van der Waals surface area contributed by atoms with Crippen molar-refractivity contribution >= 4 is 5.69 Å². The highest BCUT2D eigenvalue weighted by molar-refractivity contribution is 5.60. The zero-order valence-electron chi connectivity index (χ0n) is 10.5. The zero-order valence-corrected chi connectivity index (χ0v) is 10.5. The first-order valence-electron chi connectivity index (χ1n) is 6.44. The number of aliphatic hydroxyl groups is 1. The minimum atomic E-state index is 0.203. The number of aliphatic hydroxyl groups excluding tert-OH is 1. The van der Waals surface area contributed by atoms with Crippen molar-refractivity contribution in [3.8, 4) is 0 Å². The lowest BCUT2D eigenvalue weighted by Crippen LogP contribution is -2.43. The molecule has 3 heteroatoms. The third-order valence-electron chi connectivity index (χ3n) is 3.68. The second kappa shape index (κ2) is 5.52. The molecular formula is C14H22N2O. The molecular weight excluding hydrogens is 212 g/mol. The third kappa shape index (κ3) is 2.45. The van der Waals surface area contributed by atoms with Crippen LogP contribution in [0, 0.1) is 6.92 Å². The standard InChI is InChI=1S/C14H22N2O/c1-11-4-2-5-12(10-15)14(11)16(8-9-17)13-6-3-7-13/h2,4-5,13,17H,3,6-10,15H2,1H3. The minimum absolute atomic E-state index is 0.203. The summed E-state index contributed by atoms with van der Waals surface area (Å²) in [5.41, 5.74) is 9.51. The van der Waals surface area contributed by atoms with Gasteiger partial charge in [0.25, 0.3) is 0 Å². The van der Waals surface area contributed by atoms with Crippen molar-refractivity contribution in [2.45, 2.75) is 38.8 Å². The zero-order chi connectivity index (χ0) is 12.3. The summed E-state index contributed by atoms with van der Waals surface area (Å²) in [6.45, 7) is 3.60. The molecule has 1 aliphatic rings. The Hall–Kier alpha value is -1.06. The number of hydrogen-bond acceptors (Lipinski definition) is 3. The van der Waals surface area contributed by atoms with Gasteiger partial charge >= 0.3 is 0 Å². The van der Waals surface area contributed by atoms with Crippen LogP contribution in [0.2, 0.25) is 0 Å². The molecule has 3 nitrogen and oxygen atoms in total. The Morgan fingerprint density at radius 1 is 1.41 bits per heavy atom. The molecule has 0 bridgehead atoms. The molecule has 2 rings (SSSR count). The lowest BCUT2D eigenvalue weighted by atomic mass is 9.90. The van der Waals surface area contributed by atoms with E-state index in [1.54, 1.807) is 0 Å². The first kappa shape index (κ1) is 12.4. The van der Waals surface area contributed by atoms with Crippen LogP contribution < -0.4 is 10.6 Å². The molecule has 0 saturated heterocycles. The largest absolute Gasteiger partial charge is 0.395 e. The monoisotopic (exact) mass is 234 g/mol. The van der Waals surface area contributed by atoms with Crippen LogP contribution in [-0.2, 0) is 6.54 Å². The number of rotatable bonds is 5. The first-order valence-corrected chi connectivity index (χ1v) is 6.44. The normalized spacial score (nSPS) is 15.7. The lowest BCUT2D eigenvalue weighted by Gasteiger charge is -2.40. The molecule has 0 aliphatic heterocycles. The minimum Gasteiger partial charge on any atom is -0.395 e. The Morgan fingerprint density at radius 3 is 2.71 bits per heavy atom. The van der Waals surface area contributed by atoms with Crippen LogP contribution in [0.15, 0.2) is 18.2 Å². The average molecular weight is 234 g/mol. The summed E-state index contributed by atoms with van der Waals surface area (Å²) in [6.07, 6.45) is 3.77. The van der Waals surface area contributed by atoms with Gasteiger partial charge < -0.3 is 15.7 Å². The SMILES string of the molecule is Cc1cccc(CN)c1N(CCO)C1CCC1. The number of benzene rings is 1. The molecule has 0 heterocycles. The second-order valence-electron chi connectivity index (χ2n) is 4.79. The molecule has 0 amide bonds. The topological polar surface area (TPSA) is 49.5 Å². The van der Waals surface area contributed by atoms with Crippen molar-refractivity contribution in [1.82, 2.24) is 0 Å². The van der Waals surface area contributed by atoms with Gasteiger partial charge in [-0.25, -0.2) is 0 Å². The molecule has 3 N–H and O–H groups in total. The van der Waals surface area contributed by atoms with Crippen molar-refractivity contribution in [1.29, 1.82) is 0 Å².